The van der Waals surface area contributed by atoms with Crippen LogP contribution in [0.3, 0.4) is 0 Å². The van der Waals surface area contributed by atoms with Gasteiger partial charge in [-0.15, -0.1) is 0 Å². The highest BCUT2D eigenvalue weighted by Crippen LogP contribution is 2.28. The summed E-state index contributed by atoms with van der Waals surface area (Å²) in [5.74, 6) is -0.698. The van der Waals surface area contributed by atoms with E-state index >= 15 is 0 Å². The predicted octanol–water partition coefficient (Wildman–Crippen LogP) is 5.08. The van der Waals surface area contributed by atoms with E-state index in [4.69, 9.17) is 16.3 Å². The Morgan fingerprint density at radius 3 is 2.66 bits per heavy atom. The molecule has 0 unspecified atom stereocenters. The minimum Gasteiger partial charge on any atom is -0.469 e. The van der Waals surface area contributed by atoms with Crippen LogP contribution < -0.4 is 4.72 Å². The molecule has 0 spiro atoms. The molecule has 0 amide bonds. The van der Waals surface area contributed by atoms with Crippen LogP contribution in [0.5, 0.6) is 0 Å². The molecular weight excluding hydrogens is 453 g/mol. The van der Waals surface area contributed by atoms with Gasteiger partial charge in [0.1, 0.15) is 10.7 Å². The fourth-order valence-corrected chi connectivity index (χ4v) is 4.94. The van der Waals surface area contributed by atoms with Crippen LogP contribution in [-0.2, 0) is 32.4 Å². The van der Waals surface area contributed by atoms with E-state index in [1.807, 2.05) is 13.0 Å². The van der Waals surface area contributed by atoms with Crippen LogP contribution in [0, 0.1) is 12.7 Å². The van der Waals surface area contributed by atoms with Crippen LogP contribution in [0.2, 0.25) is 5.02 Å². The normalized spacial score (nSPS) is 11.8. The minimum atomic E-state index is -3.78. The molecule has 8 heteroatoms. The molecule has 3 aromatic carbocycles. The number of fused-ring (bicyclic) bond motifs is 1. The van der Waals surface area contributed by atoms with Crippen molar-refractivity contribution in [3.8, 4) is 0 Å². The van der Waals surface area contributed by atoms with Crippen molar-refractivity contribution in [2.24, 2.45) is 0 Å². The molecule has 0 aliphatic rings. The van der Waals surface area contributed by atoms with E-state index in [0.717, 1.165) is 27.5 Å². The van der Waals surface area contributed by atoms with Gasteiger partial charge in [-0.25, -0.2) is 12.8 Å². The van der Waals surface area contributed by atoms with Gasteiger partial charge in [-0.1, -0.05) is 41.9 Å². The Balaban J connectivity index is 1.80. The highest BCUT2D eigenvalue weighted by molar-refractivity contribution is 7.89. The predicted molar refractivity (Wildman–Crippen MR) is 124 cm³/mol. The molecule has 0 aromatic heterocycles. The van der Waals surface area contributed by atoms with E-state index in [2.05, 4.69) is 4.72 Å². The number of carbonyl (C=O) groups is 1. The second-order valence-corrected chi connectivity index (χ2v) is 9.34. The lowest BCUT2D eigenvalue weighted by Gasteiger charge is -2.15. The average molecular weight is 476 g/mol. The van der Waals surface area contributed by atoms with Crippen molar-refractivity contribution in [2.75, 3.05) is 7.11 Å². The monoisotopic (exact) mass is 475 g/mol. The van der Waals surface area contributed by atoms with Crippen LogP contribution >= 0.6 is 11.6 Å². The van der Waals surface area contributed by atoms with Gasteiger partial charge in [0.15, 0.2) is 0 Å². The third-order valence-electron chi connectivity index (χ3n) is 5.20. The molecule has 0 fully saturated rings. The van der Waals surface area contributed by atoms with E-state index < -0.39 is 10.0 Å². The Morgan fingerprint density at radius 1 is 1.19 bits per heavy atom. The number of allylic oxidation sites excluding steroid dienone is 1. The van der Waals surface area contributed by atoms with Crippen LogP contribution in [0.15, 0.2) is 65.7 Å². The first kappa shape index (κ1) is 23.8. The highest BCUT2D eigenvalue weighted by Gasteiger charge is 2.16. The first-order chi connectivity index (χ1) is 15.2. The van der Waals surface area contributed by atoms with Gasteiger partial charge in [0.05, 0.1) is 18.6 Å². The van der Waals surface area contributed by atoms with E-state index in [1.165, 1.54) is 37.6 Å². The SMILES string of the molecule is COC(=O)Cc1cc2ccc(F)cc2c(CC/C=C\NS(=O)(=O)c2ccccc2Cl)c1C. The molecule has 5 nitrogen and oxygen atoms in total. The summed E-state index contributed by atoms with van der Waals surface area (Å²) in [4.78, 5) is 11.8. The van der Waals surface area contributed by atoms with Crippen molar-refractivity contribution in [3.05, 3.63) is 88.3 Å². The fraction of sp³-hybridized carbons (Fsp3) is 0.208. The van der Waals surface area contributed by atoms with E-state index in [0.29, 0.717) is 12.8 Å². The Labute approximate surface area is 191 Å². The zero-order valence-corrected chi connectivity index (χ0v) is 19.3. The van der Waals surface area contributed by atoms with E-state index in [9.17, 15) is 17.6 Å². The molecule has 0 bridgehead atoms. The van der Waals surface area contributed by atoms with Gasteiger partial charge in [-0.3, -0.25) is 9.52 Å². The maximum Gasteiger partial charge on any atom is 0.309 e. The second kappa shape index (κ2) is 10.1. The molecule has 0 heterocycles. The number of nitrogens with one attached hydrogen (secondary N) is 1. The number of carbonyl (C=O) groups excluding carboxylic acids is 1. The maximum atomic E-state index is 13.9. The number of hydrogen-bond donors (Lipinski definition) is 1. The Hall–Kier alpha value is -2.90. The van der Waals surface area contributed by atoms with Gasteiger partial charge in [0.2, 0.25) is 0 Å². The summed E-state index contributed by atoms with van der Waals surface area (Å²) >= 11 is 5.97. The number of rotatable bonds is 8. The summed E-state index contributed by atoms with van der Waals surface area (Å²) in [6.07, 6.45) is 4.20. The Kier molecular flexibility index (Phi) is 7.53. The minimum absolute atomic E-state index is 0.000795. The number of aryl methyl sites for hydroxylation is 1. The zero-order valence-electron chi connectivity index (χ0n) is 17.7. The standard InChI is InChI=1S/C24H23ClFNO4S/c1-16-18(14-24(28)31-2)13-17-10-11-19(26)15-21(17)20(16)7-5-6-12-27-32(29,30)23-9-4-3-8-22(23)25/h3-4,6,8-13,15,27H,5,7,14H2,1-2H3/b12-6-. The summed E-state index contributed by atoms with van der Waals surface area (Å²) in [5, 5.41) is 1.73. The molecule has 0 atom stereocenters. The lowest BCUT2D eigenvalue weighted by Crippen LogP contribution is -2.18. The van der Waals surface area contributed by atoms with Gasteiger partial charge in [0.25, 0.3) is 10.0 Å². The molecule has 0 aliphatic carbocycles. The van der Waals surface area contributed by atoms with Gasteiger partial charge in [0, 0.05) is 6.20 Å². The van der Waals surface area contributed by atoms with Gasteiger partial charge < -0.3 is 4.74 Å². The third kappa shape index (κ3) is 5.47. The number of methoxy groups -OCH3 is 1. The number of sulfonamides is 1. The van der Waals surface area contributed by atoms with Crippen LogP contribution in [0.4, 0.5) is 4.39 Å². The summed E-state index contributed by atoms with van der Waals surface area (Å²) in [6.45, 7) is 1.89. The lowest BCUT2D eigenvalue weighted by molar-refractivity contribution is -0.139. The highest BCUT2D eigenvalue weighted by atomic mass is 35.5. The van der Waals surface area contributed by atoms with Crippen molar-refractivity contribution in [2.45, 2.75) is 31.1 Å². The van der Waals surface area contributed by atoms with Crippen LogP contribution in [0.25, 0.3) is 10.8 Å². The Bertz CT molecular complexity index is 1290. The van der Waals surface area contributed by atoms with E-state index in [-0.39, 0.29) is 28.1 Å². The number of halogens is 2. The summed E-state index contributed by atoms with van der Waals surface area (Å²) in [6, 6.07) is 12.6. The third-order valence-corrected chi connectivity index (χ3v) is 7.02. The van der Waals surface area contributed by atoms with Gasteiger partial charge >= 0.3 is 5.97 Å². The lowest BCUT2D eigenvalue weighted by atomic mass is 9.91. The summed E-state index contributed by atoms with van der Waals surface area (Å²) in [5.41, 5.74) is 2.60. The van der Waals surface area contributed by atoms with Crippen molar-refractivity contribution in [1.82, 2.24) is 4.72 Å². The van der Waals surface area contributed by atoms with Crippen LogP contribution in [-0.4, -0.2) is 21.5 Å². The maximum absolute atomic E-state index is 13.9. The number of esters is 1. The Morgan fingerprint density at radius 2 is 1.94 bits per heavy atom. The van der Waals surface area contributed by atoms with Gasteiger partial charge in [-0.05, 0) is 71.5 Å². The van der Waals surface area contributed by atoms with Crippen molar-refractivity contribution < 1.29 is 22.3 Å². The summed E-state index contributed by atoms with van der Waals surface area (Å²) in [7, 11) is -2.44. The van der Waals surface area contributed by atoms with Crippen molar-refractivity contribution in [1.29, 1.82) is 0 Å². The molecular formula is C24H23ClFNO4S. The van der Waals surface area contributed by atoms with Crippen molar-refractivity contribution in [3.63, 3.8) is 0 Å². The second-order valence-electron chi connectivity index (χ2n) is 7.25. The smallest absolute Gasteiger partial charge is 0.309 e. The molecule has 0 saturated carbocycles. The molecule has 0 saturated heterocycles. The largest absolute Gasteiger partial charge is 0.469 e. The first-order valence-electron chi connectivity index (χ1n) is 9.92. The first-order valence-corrected chi connectivity index (χ1v) is 11.8. The quantitative estimate of drug-likeness (QED) is 0.461. The molecule has 32 heavy (non-hydrogen) atoms. The molecule has 3 aromatic rings. The number of benzene rings is 3. The fourth-order valence-electron chi connectivity index (χ4n) is 3.52. The number of ether oxygens (including phenoxy) is 1. The van der Waals surface area contributed by atoms with Crippen LogP contribution in [0.1, 0.15) is 23.1 Å². The molecule has 168 valence electrons. The zero-order chi connectivity index (χ0) is 23.3. The molecule has 0 radical (unpaired) electrons. The molecule has 3 rings (SSSR count). The van der Waals surface area contributed by atoms with E-state index in [1.54, 1.807) is 24.3 Å². The average Bonchev–Trinajstić information content (AvgIpc) is 2.76. The number of hydrogen-bond acceptors (Lipinski definition) is 4. The van der Waals surface area contributed by atoms with Gasteiger partial charge in [-0.2, -0.15) is 0 Å². The van der Waals surface area contributed by atoms with Crippen molar-refractivity contribution >= 4 is 38.4 Å². The molecule has 0 aliphatic heterocycles. The topological polar surface area (TPSA) is 72.5 Å². The molecule has 1 N–H and O–H groups in total. The summed E-state index contributed by atoms with van der Waals surface area (Å²) < 4.78 is 45.9.